The summed E-state index contributed by atoms with van der Waals surface area (Å²) in [6, 6.07) is 10.9. The second kappa shape index (κ2) is 8.20. The van der Waals surface area contributed by atoms with Crippen molar-refractivity contribution in [2.75, 3.05) is 12.4 Å². The molecule has 0 amide bonds. The summed E-state index contributed by atoms with van der Waals surface area (Å²) in [5, 5.41) is 14.5. The van der Waals surface area contributed by atoms with E-state index in [4.69, 9.17) is 0 Å². The van der Waals surface area contributed by atoms with Crippen LogP contribution in [0.1, 0.15) is 11.3 Å². The monoisotopic (exact) mass is 492 g/mol. The Morgan fingerprint density at radius 3 is 2.38 bits per heavy atom. The van der Waals surface area contributed by atoms with Crippen LogP contribution in [0.15, 0.2) is 64.4 Å². The zero-order valence-corrected chi connectivity index (χ0v) is 18.8. The number of sulfone groups is 1. The summed E-state index contributed by atoms with van der Waals surface area (Å²) in [6.07, 6.45) is 1.61. The van der Waals surface area contributed by atoms with E-state index in [1.807, 2.05) is 18.2 Å². The van der Waals surface area contributed by atoms with Crippen LogP contribution in [0.4, 0.5) is 18.9 Å². The number of hydrogen-bond donors (Lipinski definition) is 2. The quantitative estimate of drug-likeness (QED) is 0.441. The lowest BCUT2D eigenvalue weighted by atomic mass is 10.1. The molecular formula is C22H19F3N4O4S. The molecule has 178 valence electrons. The number of aromatic nitrogens is 3. The molecule has 0 aliphatic carbocycles. The molecule has 2 heterocycles. The van der Waals surface area contributed by atoms with Crippen molar-refractivity contribution in [3.63, 3.8) is 0 Å². The van der Waals surface area contributed by atoms with Gasteiger partial charge in [0, 0.05) is 18.6 Å². The third-order valence-electron chi connectivity index (χ3n) is 5.53. The third kappa shape index (κ3) is 3.69. The van der Waals surface area contributed by atoms with Crippen LogP contribution in [0, 0.1) is 6.92 Å². The van der Waals surface area contributed by atoms with Crippen LogP contribution in [0.25, 0.3) is 16.6 Å². The Hall–Kier alpha value is -3.80. The summed E-state index contributed by atoms with van der Waals surface area (Å²) < 4.78 is 63.8. The van der Waals surface area contributed by atoms with E-state index in [0.717, 1.165) is 45.5 Å². The summed E-state index contributed by atoms with van der Waals surface area (Å²) in [5.74, 6) is -0.411. The summed E-state index contributed by atoms with van der Waals surface area (Å²) >= 11 is 0. The second-order valence-electron chi connectivity index (χ2n) is 7.48. The van der Waals surface area contributed by atoms with Gasteiger partial charge in [-0.3, -0.25) is 9.55 Å². The average Bonchev–Trinajstić information content (AvgIpc) is 3.01. The predicted molar refractivity (Wildman–Crippen MR) is 120 cm³/mol. The zero-order chi connectivity index (χ0) is 24.8. The van der Waals surface area contributed by atoms with E-state index in [0.29, 0.717) is 5.52 Å². The molecule has 0 aliphatic rings. The van der Waals surface area contributed by atoms with Crippen molar-refractivity contribution in [2.45, 2.75) is 23.9 Å². The highest BCUT2D eigenvalue weighted by Gasteiger charge is 2.46. The Bertz CT molecular complexity index is 1560. The van der Waals surface area contributed by atoms with Crippen molar-refractivity contribution in [3.05, 3.63) is 76.5 Å². The van der Waals surface area contributed by atoms with E-state index >= 15 is 0 Å². The number of halogens is 3. The van der Waals surface area contributed by atoms with Gasteiger partial charge >= 0.3 is 11.2 Å². The van der Waals surface area contributed by atoms with Crippen molar-refractivity contribution < 1.29 is 26.7 Å². The Balaban J connectivity index is 1.77. The molecule has 0 radical (unpaired) electrons. The molecule has 0 spiro atoms. The van der Waals surface area contributed by atoms with Gasteiger partial charge in [-0.25, -0.2) is 17.8 Å². The topological polar surface area (TPSA) is 106 Å². The highest BCUT2D eigenvalue weighted by Crippen LogP contribution is 2.31. The van der Waals surface area contributed by atoms with Gasteiger partial charge in [-0.1, -0.05) is 12.1 Å². The minimum Gasteiger partial charge on any atom is -0.493 e. The number of para-hydroxylation sites is 1. The number of pyridine rings is 1. The lowest BCUT2D eigenvalue weighted by molar-refractivity contribution is -0.0436. The minimum atomic E-state index is -5.53. The van der Waals surface area contributed by atoms with Gasteiger partial charge < -0.3 is 10.4 Å². The molecule has 0 saturated carbocycles. The van der Waals surface area contributed by atoms with E-state index < -0.39 is 31.8 Å². The van der Waals surface area contributed by atoms with Crippen molar-refractivity contribution in [2.24, 2.45) is 0 Å². The average molecular weight is 492 g/mol. The number of imidazole rings is 1. The fourth-order valence-electron chi connectivity index (χ4n) is 3.71. The number of hydrogen-bond acceptors (Lipinski definition) is 6. The van der Waals surface area contributed by atoms with Crippen LogP contribution < -0.4 is 11.0 Å². The van der Waals surface area contributed by atoms with Crippen LogP contribution in [-0.4, -0.2) is 40.2 Å². The van der Waals surface area contributed by atoms with Crippen LogP contribution in [0.3, 0.4) is 0 Å². The standard InChI is InChI=1S/C22H19F3N4O4S/c1-13-20(30)29(15-6-8-16(9-7-15)34(32,33)22(23,24)25)21(31)28(13)12-14-10-11-27-19-17(14)4-3-5-18(19)26-2/h3-11,26,30H,12H2,1-2H3. The lowest BCUT2D eigenvalue weighted by Gasteiger charge is -2.10. The van der Waals surface area contributed by atoms with Gasteiger partial charge in [0.15, 0.2) is 0 Å². The zero-order valence-electron chi connectivity index (χ0n) is 18.0. The van der Waals surface area contributed by atoms with Crippen LogP contribution in [-0.2, 0) is 16.4 Å². The molecule has 4 rings (SSSR count). The maximum Gasteiger partial charge on any atom is 0.501 e. The maximum absolute atomic E-state index is 13.2. The molecule has 0 unspecified atom stereocenters. The molecular weight excluding hydrogens is 473 g/mol. The molecule has 2 N–H and O–H groups in total. The Morgan fingerprint density at radius 2 is 1.76 bits per heavy atom. The predicted octanol–water partition coefficient (Wildman–Crippen LogP) is 3.58. The molecule has 2 aromatic carbocycles. The van der Waals surface area contributed by atoms with E-state index in [1.54, 1.807) is 19.3 Å². The number of nitrogens with one attached hydrogen (secondary N) is 1. The first-order valence-electron chi connectivity index (χ1n) is 9.94. The molecule has 0 saturated heterocycles. The smallest absolute Gasteiger partial charge is 0.493 e. The molecule has 0 aliphatic heterocycles. The Kier molecular flexibility index (Phi) is 5.64. The van der Waals surface area contributed by atoms with Crippen molar-refractivity contribution >= 4 is 26.4 Å². The lowest BCUT2D eigenvalue weighted by Crippen LogP contribution is -2.25. The molecule has 8 nitrogen and oxygen atoms in total. The number of benzene rings is 2. The van der Waals surface area contributed by atoms with Gasteiger partial charge in [-0.2, -0.15) is 13.2 Å². The third-order valence-corrected chi connectivity index (χ3v) is 7.03. The van der Waals surface area contributed by atoms with E-state index in [-0.39, 0.29) is 17.9 Å². The summed E-state index contributed by atoms with van der Waals surface area (Å²) in [6.45, 7) is 1.62. The van der Waals surface area contributed by atoms with Gasteiger partial charge in [-0.05, 0) is 48.9 Å². The van der Waals surface area contributed by atoms with Crippen LogP contribution >= 0.6 is 0 Å². The normalized spacial score (nSPS) is 12.3. The first kappa shape index (κ1) is 23.4. The molecule has 12 heteroatoms. The molecule has 34 heavy (non-hydrogen) atoms. The van der Waals surface area contributed by atoms with Crippen LogP contribution in [0.5, 0.6) is 5.88 Å². The Morgan fingerprint density at radius 1 is 1.09 bits per heavy atom. The van der Waals surface area contributed by atoms with Crippen LogP contribution in [0.2, 0.25) is 0 Å². The number of anilines is 1. The Labute approximate surface area is 191 Å². The summed E-state index contributed by atoms with van der Waals surface area (Å²) in [5.41, 5.74) is -3.58. The number of rotatable bonds is 5. The van der Waals surface area contributed by atoms with Gasteiger partial charge in [0.05, 0.1) is 34.0 Å². The number of alkyl halides is 3. The molecule has 0 bridgehead atoms. The van der Waals surface area contributed by atoms with Gasteiger partial charge in [-0.15, -0.1) is 0 Å². The van der Waals surface area contributed by atoms with E-state index in [1.165, 1.54) is 11.5 Å². The van der Waals surface area contributed by atoms with Gasteiger partial charge in [0.25, 0.3) is 9.84 Å². The van der Waals surface area contributed by atoms with E-state index in [9.17, 15) is 31.5 Å². The van der Waals surface area contributed by atoms with Crippen molar-refractivity contribution in [1.82, 2.24) is 14.1 Å². The van der Waals surface area contributed by atoms with E-state index in [2.05, 4.69) is 10.3 Å². The molecule has 0 fully saturated rings. The maximum atomic E-state index is 13.2. The molecule has 4 aromatic rings. The summed E-state index contributed by atoms with van der Waals surface area (Å²) in [4.78, 5) is 16.6. The fourth-order valence-corrected chi connectivity index (χ4v) is 4.47. The summed E-state index contributed by atoms with van der Waals surface area (Å²) in [7, 11) is -3.77. The van der Waals surface area contributed by atoms with Gasteiger partial charge in [0.1, 0.15) is 0 Å². The molecule has 2 aromatic heterocycles. The SMILES string of the molecule is CNc1cccc2c(Cn3c(C)c(O)n(-c4ccc(S(=O)(=O)C(F)(F)F)cc4)c3=O)ccnc12. The highest BCUT2D eigenvalue weighted by atomic mass is 32.2. The van der Waals surface area contributed by atoms with Crippen molar-refractivity contribution in [1.29, 1.82) is 0 Å². The second-order valence-corrected chi connectivity index (χ2v) is 9.42. The molecule has 0 atom stereocenters. The first-order chi connectivity index (χ1) is 16.0. The minimum absolute atomic E-state index is 0.0162. The van der Waals surface area contributed by atoms with Crippen molar-refractivity contribution in [3.8, 4) is 11.6 Å². The fraction of sp³-hybridized carbons (Fsp3) is 0.182. The largest absolute Gasteiger partial charge is 0.501 e. The number of aromatic hydroxyl groups is 1. The number of nitrogens with zero attached hydrogens (tertiary/aromatic N) is 3. The highest BCUT2D eigenvalue weighted by molar-refractivity contribution is 7.92. The van der Waals surface area contributed by atoms with Gasteiger partial charge in [0.2, 0.25) is 5.88 Å². The first-order valence-corrected chi connectivity index (χ1v) is 11.4. The number of fused-ring (bicyclic) bond motifs is 1.